The van der Waals surface area contributed by atoms with E-state index in [9.17, 15) is 13.2 Å². The summed E-state index contributed by atoms with van der Waals surface area (Å²) >= 11 is 0. The van der Waals surface area contributed by atoms with Crippen LogP contribution in [0.2, 0.25) is 0 Å². The lowest BCUT2D eigenvalue weighted by Crippen LogP contribution is -2.41. The van der Waals surface area contributed by atoms with Crippen molar-refractivity contribution in [3.63, 3.8) is 0 Å². The lowest BCUT2D eigenvalue weighted by atomic mass is 10.2. The fraction of sp³-hybridized carbons (Fsp3) is 0.417. The number of carboxylic acids is 1. The maximum atomic E-state index is 12.3. The maximum Gasteiger partial charge on any atom is 0.321 e. The van der Waals surface area contributed by atoms with Crippen LogP contribution in [-0.2, 0) is 14.8 Å². The predicted molar refractivity (Wildman–Crippen MR) is 67.8 cm³/mol. The third kappa shape index (κ3) is 2.88. The Morgan fingerprint density at radius 3 is 2.50 bits per heavy atom. The molecule has 6 heteroatoms. The fourth-order valence-electron chi connectivity index (χ4n) is 1.70. The number of hydrogen-bond donors (Lipinski definition) is 1. The monoisotopic (exact) mass is 271 g/mol. The third-order valence-corrected chi connectivity index (χ3v) is 4.64. The van der Waals surface area contributed by atoms with Crippen LogP contribution in [0.4, 0.5) is 0 Å². The van der Waals surface area contributed by atoms with Crippen LogP contribution in [-0.4, -0.2) is 36.9 Å². The highest BCUT2D eigenvalue weighted by atomic mass is 32.2. The number of rotatable bonds is 5. The van der Waals surface area contributed by atoms with Crippen molar-refractivity contribution in [2.75, 3.05) is 7.05 Å². The summed E-state index contributed by atoms with van der Waals surface area (Å²) < 4.78 is 25.4. The Balaban J connectivity index is 3.18. The summed E-state index contributed by atoms with van der Waals surface area (Å²) in [6.45, 7) is 3.43. The van der Waals surface area contributed by atoms with E-state index in [0.29, 0.717) is 0 Å². The zero-order valence-electron chi connectivity index (χ0n) is 10.6. The van der Waals surface area contributed by atoms with Gasteiger partial charge in [0.05, 0.1) is 4.90 Å². The molecule has 0 saturated heterocycles. The quantitative estimate of drug-likeness (QED) is 0.880. The maximum absolute atomic E-state index is 12.3. The van der Waals surface area contributed by atoms with Crippen molar-refractivity contribution >= 4 is 16.0 Å². The zero-order valence-corrected chi connectivity index (χ0v) is 11.4. The lowest BCUT2D eigenvalue weighted by Gasteiger charge is -2.23. The first kappa shape index (κ1) is 14.7. The van der Waals surface area contributed by atoms with Gasteiger partial charge in [-0.2, -0.15) is 4.31 Å². The highest BCUT2D eigenvalue weighted by Crippen LogP contribution is 2.19. The molecule has 1 N–H and O–H groups in total. The summed E-state index contributed by atoms with van der Waals surface area (Å²) in [5.41, 5.74) is 0.813. The van der Waals surface area contributed by atoms with Gasteiger partial charge in [0, 0.05) is 7.05 Å². The smallest absolute Gasteiger partial charge is 0.321 e. The van der Waals surface area contributed by atoms with Gasteiger partial charge in [0.25, 0.3) is 0 Å². The molecule has 0 fully saturated rings. The Bertz CT molecular complexity index is 539. The molecule has 0 aliphatic rings. The largest absolute Gasteiger partial charge is 0.480 e. The second kappa shape index (κ2) is 5.49. The Hall–Kier alpha value is -1.40. The van der Waals surface area contributed by atoms with Gasteiger partial charge < -0.3 is 5.11 Å². The molecule has 0 bridgehead atoms. The number of aryl methyl sites for hydroxylation is 1. The van der Waals surface area contributed by atoms with Crippen molar-refractivity contribution in [1.29, 1.82) is 0 Å². The zero-order chi connectivity index (χ0) is 13.9. The molecule has 1 atom stereocenters. The summed E-state index contributed by atoms with van der Waals surface area (Å²) in [6, 6.07) is 5.37. The Labute approximate surface area is 107 Å². The van der Waals surface area contributed by atoms with E-state index in [0.717, 1.165) is 9.87 Å². The molecule has 1 aromatic carbocycles. The van der Waals surface area contributed by atoms with Gasteiger partial charge in [-0.3, -0.25) is 4.79 Å². The predicted octanol–water partition coefficient (Wildman–Crippen LogP) is 1.48. The summed E-state index contributed by atoms with van der Waals surface area (Å²) in [7, 11) is -2.47. The van der Waals surface area contributed by atoms with E-state index >= 15 is 0 Å². The van der Waals surface area contributed by atoms with Crippen LogP contribution in [0.5, 0.6) is 0 Å². The SMILES string of the molecule is CCC(C(=O)O)N(C)S(=O)(=O)c1cccc(C)c1. The first-order valence-electron chi connectivity index (χ1n) is 5.58. The van der Waals surface area contributed by atoms with Gasteiger partial charge in [0.2, 0.25) is 10.0 Å². The minimum Gasteiger partial charge on any atom is -0.480 e. The van der Waals surface area contributed by atoms with E-state index in [1.54, 1.807) is 26.0 Å². The second-order valence-corrected chi connectivity index (χ2v) is 6.10. The number of likely N-dealkylation sites (N-methyl/N-ethyl adjacent to an activating group) is 1. The minimum absolute atomic E-state index is 0.115. The van der Waals surface area contributed by atoms with Crippen molar-refractivity contribution < 1.29 is 18.3 Å². The van der Waals surface area contributed by atoms with E-state index < -0.39 is 22.0 Å². The molecule has 0 aliphatic carbocycles. The molecule has 100 valence electrons. The molecule has 0 heterocycles. The van der Waals surface area contributed by atoms with Gasteiger partial charge in [0.1, 0.15) is 6.04 Å². The van der Waals surface area contributed by atoms with Gasteiger partial charge in [-0.1, -0.05) is 19.1 Å². The van der Waals surface area contributed by atoms with E-state index in [1.807, 2.05) is 0 Å². The number of carbonyl (C=O) groups is 1. The minimum atomic E-state index is -3.77. The highest BCUT2D eigenvalue weighted by Gasteiger charge is 2.31. The number of hydrogen-bond acceptors (Lipinski definition) is 3. The first-order chi connectivity index (χ1) is 8.30. The topological polar surface area (TPSA) is 74.7 Å². The van der Waals surface area contributed by atoms with Crippen LogP contribution in [0.15, 0.2) is 29.2 Å². The molecule has 0 aromatic heterocycles. The molecule has 0 aliphatic heterocycles. The second-order valence-electron chi connectivity index (χ2n) is 4.10. The molecule has 0 spiro atoms. The molecule has 0 amide bonds. The van der Waals surface area contributed by atoms with Crippen molar-refractivity contribution in [3.8, 4) is 0 Å². The van der Waals surface area contributed by atoms with Crippen LogP contribution in [0.1, 0.15) is 18.9 Å². The van der Waals surface area contributed by atoms with Gasteiger partial charge in [-0.25, -0.2) is 8.42 Å². The van der Waals surface area contributed by atoms with Crippen LogP contribution in [0.25, 0.3) is 0 Å². The molecule has 0 radical (unpaired) electrons. The van der Waals surface area contributed by atoms with Gasteiger partial charge in [-0.05, 0) is 31.0 Å². The lowest BCUT2D eigenvalue weighted by molar-refractivity contribution is -0.141. The molecular formula is C12H17NO4S. The van der Waals surface area contributed by atoms with Crippen molar-refractivity contribution in [1.82, 2.24) is 4.31 Å². The Morgan fingerprint density at radius 2 is 2.06 bits per heavy atom. The fourth-order valence-corrected chi connectivity index (χ4v) is 3.19. The van der Waals surface area contributed by atoms with Gasteiger partial charge >= 0.3 is 5.97 Å². The summed E-state index contributed by atoms with van der Waals surface area (Å²) in [5, 5.41) is 9.00. The number of nitrogens with zero attached hydrogens (tertiary/aromatic N) is 1. The number of aliphatic carboxylic acids is 1. The van der Waals surface area contributed by atoms with Gasteiger partial charge in [-0.15, -0.1) is 0 Å². The van der Waals surface area contributed by atoms with Crippen LogP contribution < -0.4 is 0 Å². The summed E-state index contributed by atoms with van der Waals surface area (Å²) in [5.74, 6) is -1.14. The molecular weight excluding hydrogens is 254 g/mol. The van der Waals surface area contributed by atoms with E-state index in [4.69, 9.17) is 5.11 Å². The van der Waals surface area contributed by atoms with E-state index in [-0.39, 0.29) is 11.3 Å². The standard InChI is InChI=1S/C12H17NO4S/c1-4-11(12(14)15)13(3)18(16,17)10-7-5-6-9(2)8-10/h5-8,11H,4H2,1-3H3,(H,14,15). The molecule has 1 rings (SSSR count). The summed E-state index contributed by atoms with van der Waals surface area (Å²) in [4.78, 5) is 11.1. The van der Waals surface area contributed by atoms with E-state index in [1.165, 1.54) is 19.2 Å². The Morgan fingerprint density at radius 1 is 1.44 bits per heavy atom. The van der Waals surface area contributed by atoms with Crippen molar-refractivity contribution in [2.24, 2.45) is 0 Å². The van der Waals surface area contributed by atoms with Gasteiger partial charge in [0.15, 0.2) is 0 Å². The molecule has 18 heavy (non-hydrogen) atoms. The highest BCUT2D eigenvalue weighted by molar-refractivity contribution is 7.89. The molecule has 5 nitrogen and oxygen atoms in total. The molecule has 1 aromatic rings. The molecule has 1 unspecified atom stereocenters. The van der Waals surface area contributed by atoms with Crippen molar-refractivity contribution in [3.05, 3.63) is 29.8 Å². The first-order valence-corrected chi connectivity index (χ1v) is 7.02. The number of sulfonamides is 1. The van der Waals surface area contributed by atoms with Crippen molar-refractivity contribution in [2.45, 2.75) is 31.2 Å². The van der Waals surface area contributed by atoms with Crippen LogP contribution in [0.3, 0.4) is 0 Å². The Kier molecular flexibility index (Phi) is 4.48. The van der Waals surface area contributed by atoms with Crippen LogP contribution >= 0.6 is 0 Å². The van der Waals surface area contributed by atoms with Crippen LogP contribution in [0, 0.1) is 6.92 Å². The number of carboxylic acid groups (broad SMARTS) is 1. The average molecular weight is 271 g/mol. The third-order valence-electron chi connectivity index (χ3n) is 2.78. The average Bonchev–Trinajstić information content (AvgIpc) is 2.29. The van der Waals surface area contributed by atoms with E-state index in [2.05, 4.69) is 0 Å². The normalized spacial score (nSPS) is 13.6. The summed E-state index contributed by atoms with van der Waals surface area (Å²) in [6.07, 6.45) is 0.219. The molecule has 0 saturated carbocycles. The number of benzene rings is 1.